The molecule has 1 aliphatic heterocycles. The molecule has 2 amide bonds. The molecule has 0 bridgehead atoms. The lowest BCUT2D eigenvalue weighted by Crippen LogP contribution is -2.45. The fraction of sp³-hybridized carbons (Fsp3) is 0.333. The number of ether oxygens (including phenoxy) is 1. The van der Waals surface area contributed by atoms with E-state index in [1.807, 2.05) is 0 Å². The fourth-order valence-corrected chi connectivity index (χ4v) is 5.60. The second-order valence-electron chi connectivity index (χ2n) is 9.16. The van der Waals surface area contributed by atoms with Crippen LogP contribution >= 0.6 is 23.2 Å². The Morgan fingerprint density at radius 2 is 1.92 bits per heavy atom. The van der Waals surface area contributed by atoms with Gasteiger partial charge in [0.25, 0.3) is 11.8 Å². The summed E-state index contributed by atoms with van der Waals surface area (Å²) in [6, 6.07) is 7.76. The molecule has 1 aliphatic carbocycles. The molecule has 1 aromatic carbocycles. The predicted molar refractivity (Wildman–Crippen MR) is 139 cm³/mol. The number of anilines is 1. The second kappa shape index (κ2) is 9.96. The SMILES string of the molecule is Cc1cc(Cl)cc(C(=O)NCC2CC2)c1NC(=O)c1cc(OC2CS(=O)(=O)C2)nn1-c1ncccc1Cl. The van der Waals surface area contributed by atoms with Gasteiger partial charge in [0.2, 0.25) is 5.88 Å². The topological polar surface area (TPSA) is 132 Å². The van der Waals surface area contributed by atoms with Gasteiger partial charge in [-0.1, -0.05) is 23.2 Å². The van der Waals surface area contributed by atoms with Crippen LogP contribution in [0.25, 0.3) is 5.82 Å². The highest BCUT2D eigenvalue weighted by atomic mass is 35.5. The van der Waals surface area contributed by atoms with Crippen molar-refractivity contribution in [2.75, 3.05) is 23.4 Å². The van der Waals surface area contributed by atoms with Gasteiger partial charge >= 0.3 is 0 Å². The van der Waals surface area contributed by atoms with Crippen molar-refractivity contribution >= 4 is 50.5 Å². The molecular weight excluding hydrogens is 541 g/mol. The first-order valence-corrected chi connectivity index (χ1v) is 14.1. The number of rotatable bonds is 8. The van der Waals surface area contributed by atoms with Gasteiger partial charge in [-0.05, 0) is 55.5 Å². The van der Waals surface area contributed by atoms with Crippen LogP contribution in [0.2, 0.25) is 10.0 Å². The van der Waals surface area contributed by atoms with Gasteiger partial charge in [0.1, 0.15) is 11.8 Å². The molecule has 2 N–H and O–H groups in total. The molecule has 37 heavy (non-hydrogen) atoms. The molecule has 0 atom stereocenters. The number of benzene rings is 1. The van der Waals surface area contributed by atoms with Crippen LogP contribution in [0.4, 0.5) is 5.69 Å². The van der Waals surface area contributed by atoms with Gasteiger partial charge in [0, 0.05) is 23.8 Å². The van der Waals surface area contributed by atoms with E-state index < -0.39 is 21.8 Å². The monoisotopic (exact) mass is 563 g/mol. The molecule has 194 valence electrons. The summed E-state index contributed by atoms with van der Waals surface area (Å²) in [6.07, 6.45) is 3.09. The number of nitrogens with zero attached hydrogens (tertiary/aromatic N) is 3. The van der Waals surface area contributed by atoms with Crippen molar-refractivity contribution < 1.29 is 22.7 Å². The van der Waals surface area contributed by atoms with Crippen molar-refractivity contribution in [1.29, 1.82) is 0 Å². The summed E-state index contributed by atoms with van der Waals surface area (Å²) in [5, 5.41) is 10.6. The van der Waals surface area contributed by atoms with Crippen LogP contribution in [-0.2, 0) is 9.84 Å². The van der Waals surface area contributed by atoms with E-state index in [0.29, 0.717) is 28.7 Å². The summed E-state index contributed by atoms with van der Waals surface area (Å²) in [4.78, 5) is 30.7. The largest absolute Gasteiger partial charge is 0.471 e. The highest BCUT2D eigenvalue weighted by Gasteiger charge is 2.36. The van der Waals surface area contributed by atoms with E-state index in [1.54, 1.807) is 25.1 Å². The molecule has 2 aliphatic rings. The first-order valence-electron chi connectivity index (χ1n) is 11.6. The van der Waals surface area contributed by atoms with E-state index in [1.165, 1.54) is 23.0 Å². The smallest absolute Gasteiger partial charge is 0.274 e. The van der Waals surface area contributed by atoms with Crippen LogP contribution in [0.15, 0.2) is 36.5 Å². The zero-order chi connectivity index (χ0) is 26.3. The number of hydrogen-bond acceptors (Lipinski definition) is 7. The van der Waals surface area contributed by atoms with Crippen LogP contribution in [0.3, 0.4) is 0 Å². The average Bonchev–Trinajstić information content (AvgIpc) is 3.56. The molecule has 3 aromatic rings. The third kappa shape index (κ3) is 5.73. The van der Waals surface area contributed by atoms with Gasteiger partial charge in [-0.25, -0.2) is 18.1 Å². The Kier molecular flexibility index (Phi) is 6.86. The van der Waals surface area contributed by atoms with E-state index in [-0.39, 0.29) is 45.4 Å². The number of sulfone groups is 1. The summed E-state index contributed by atoms with van der Waals surface area (Å²) in [6.45, 7) is 2.29. The van der Waals surface area contributed by atoms with Crippen molar-refractivity contribution in [2.24, 2.45) is 5.92 Å². The van der Waals surface area contributed by atoms with E-state index >= 15 is 0 Å². The first-order chi connectivity index (χ1) is 17.6. The van der Waals surface area contributed by atoms with Crippen molar-refractivity contribution in [3.8, 4) is 11.7 Å². The van der Waals surface area contributed by atoms with Crippen LogP contribution in [-0.4, -0.2) is 59.2 Å². The van der Waals surface area contributed by atoms with E-state index in [2.05, 4.69) is 20.7 Å². The lowest BCUT2D eigenvalue weighted by Gasteiger charge is -2.25. The summed E-state index contributed by atoms with van der Waals surface area (Å²) in [5.41, 5.74) is 1.15. The summed E-state index contributed by atoms with van der Waals surface area (Å²) in [5.74, 6) is -0.507. The zero-order valence-corrected chi connectivity index (χ0v) is 22.0. The molecule has 1 saturated heterocycles. The number of nitrogens with one attached hydrogen (secondary N) is 2. The molecule has 0 unspecified atom stereocenters. The highest BCUT2D eigenvalue weighted by molar-refractivity contribution is 7.92. The number of aryl methyl sites for hydroxylation is 1. The highest BCUT2D eigenvalue weighted by Crippen LogP contribution is 2.30. The van der Waals surface area contributed by atoms with Gasteiger partial charge in [0.05, 0.1) is 27.8 Å². The van der Waals surface area contributed by atoms with Gasteiger partial charge in [-0.3, -0.25) is 9.59 Å². The lowest BCUT2D eigenvalue weighted by molar-refractivity contribution is 0.0952. The normalized spacial score (nSPS) is 16.6. The minimum atomic E-state index is -3.12. The Morgan fingerprint density at radius 3 is 2.59 bits per heavy atom. The maximum atomic E-state index is 13.5. The van der Waals surface area contributed by atoms with E-state index in [0.717, 1.165) is 12.8 Å². The number of carbonyl (C=O) groups excluding carboxylic acids is 2. The van der Waals surface area contributed by atoms with Crippen LogP contribution in [0, 0.1) is 12.8 Å². The van der Waals surface area contributed by atoms with Crippen LogP contribution in [0.5, 0.6) is 5.88 Å². The van der Waals surface area contributed by atoms with Crippen molar-refractivity contribution in [2.45, 2.75) is 25.9 Å². The van der Waals surface area contributed by atoms with E-state index in [9.17, 15) is 18.0 Å². The van der Waals surface area contributed by atoms with Crippen molar-refractivity contribution in [3.63, 3.8) is 0 Å². The Labute approximate surface area is 223 Å². The maximum absolute atomic E-state index is 13.5. The minimum absolute atomic E-state index is 0.0245. The molecule has 0 spiro atoms. The molecule has 13 heteroatoms. The fourth-order valence-electron chi connectivity index (χ4n) is 3.95. The third-order valence-corrected chi connectivity index (χ3v) is 8.33. The second-order valence-corrected chi connectivity index (χ2v) is 12.2. The number of amides is 2. The van der Waals surface area contributed by atoms with Crippen LogP contribution < -0.4 is 15.4 Å². The standard InChI is InChI=1S/C24H23Cl2N5O5S/c1-13-7-15(25)8-17(23(32)28-10-14-4-5-14)21(13)29-24(33)19-9-20(36-16-11-37(34,35)12-16)30-31(19)22-18(26)3-2-6-27-22/h2-3,6-9,14,16H,4-5,10-12H2,1H3,(H,28,32)(H,29,33). The quantitative estimate of drug-likeness (QED) is 0.428. The Balaban J connectivity index is 1.47. The Hall–Kier alpha value is -3.15. The minimum Gasteiger partial charge on any atom is -0.471 e. The lowest BCUT2D eigenvalue weighted by atomic mass is 10.1. The molecule has 2 aromatic heterocycles. The Morgan fingerprint density at radius 1 is 1.16 bits per heavy atom. The summed E-state index contributed by atoms with van der Waals surface area (Å²) >= 11 is 12.5. The molecule has 5 rings (SSSR count). The van der Waals surface area contributed by atoms with Crippen molar-refractivity contribution in [3.05, 3.63) is 63.4 Å². The van der Waals surface area contributed by atoms with E-state index in [4.69, 9.17) is 27.9 Å². The number of pyridine rings is 1. The van der Waals surface area contributed by atoms with Gasteiger partial charge in [-0.2, -0.15) is 0 Å². The maximum Gasteiger partial charge on any atom is 0.274 e. The number of halogens is 2. The first kappa shape index (κ1) is 25.5. The molecule has 0 radical (unpaired) electrons. The molecule has 3 heterocycles. The average molecular weight is 564 g/mol. The van der Waals surface area contributed by atoms with Gasteiger partial charge < -0.3 is 15.4 Å². The number of carbonyl (C=O) groups is 2. The molecule has 1 saturated carbocycles. The van der Waals surface area contributed by atoms with Crippen LogP contribution in [0.1, 0.15) is 39.3 Å². The van der Waals surface area contributed by atoms with Gasteiger partial charge in [0.15, 0.2) is 15.7 Å². The number of hydrogen-bond donors (Lipinski definition) is 2. The van der Waals surface area contributed by atoms with Crippen molar-refractivity contribution in [1.82, 2.24) is 20.1 Å². The molecule has 10 nitrogen and oxygen atoms in total. The zero-order valence-electron chi connectivity index (χ0n) is 19.7. The molecular formula is C24H23Cl2N5O5S. The van der Waals surface area contributed by atoms with Gasteiger partial charge in [-0.15, -0.1) is 5.10 Å². The third-order valence-electron chi connectivity index (χ3n) is 6.06. The molecule has 2 fully saturated rings. The summed E-state index contributed by atoms with van der Waals surface area (Å²) < 4.78 is 30.0. The Bertz CT molecular complexity index is 1490. The summed E-state index contributed by atoms with van der Waals surface area (Å²) in [7, 11) is -3.12. The number of aromatic nitrogens is 3. The predicted octanol–water partition coefficient (Wildman–Crippen LogP) is 3.45.